The molecule has 3 heteroatoms. The van der Waals surface area contributed by atoms with Crippen LogP contribution in [0.2, 0.25) is 0 Å². The van der Waals surface area contributed by atoms with Crippen molar-refractivity contribution in [3.63, 3.8) is 0 Å². The molecule has 1 saturated carbocycles. The molecule has 0 bridgehead atoms. The van der Waals surface area contributed by atoms with Gasteiger partial charge in [0.2, 0.25) is 0 Å². The molecule has 1 fully saturated rings. The summed E-state index contributed by atoms with van der Waals surface area (Å²) in [5, 5.41) is 0. The summed E-state index contributed by atoms with van der Waals surface area (Å²) in [6.45, 7) is 6.14. The number of hydrogen-bond acceptors (Lipinski definition) is 3. The van der Waals surface area contributed by atoms with Crippen LogP contribution in [0.1, 0.15) is 56.8 Å². The second-order valence-corrected chi connectivity index (χ2v) is 6.38. The zero-order valence-corrected chi connectivity index (χ0v) is 12.7. The molecule has 0 amide bonds. The number of Topliss-reactive ketones (excluding diaryl/α,β-unsaturated/α-hetero) is 1. The summed E-state index contributed by atoms with van der Waals surface area (Å²) in [5.74, 6) is 1.39. The van der Waals surface area contributed by atoms with Gasteiger partial charge in [-0.15, -0.1) is 0 Å². The Morgan fingerprint density at radius 1 is 1.35 bits per heavy atom. The van der Waals surface area contributed by atoms with E-state index in [2.05, 4.69) is 6.92 Å². The van der Waals surface area contributed by atoms with E-state index in [1.165, 1.54) is 6.42 Å². The minimum Gasteiger partial charge on any atom is -0.491 e. The van der Waals surface area contributed by atoms with E-state index < -0.39 is 5.54 Å². The topological polar surface area (TPSA) is 52.3 Å². The van der Waals surface area contributed by atoms with Crippen molar-refractivity contribution in [2.24, 2.45) is 11.7 Å². The number of ketones is 1. The average Bonchev–Trinajstić information content (AvgIpc) is 2.38. The molecule has 0 saturated heterocycles. The monoisotopic (exact) mass is 275 g/mol. The summed E-state index contributed by atoms with van der Waals surface area (Å²) < 4.78 is 5.59. The first kappa shape index (κ1) is 15.0. The van der Waals surface area contributed by atoms with Crippen LogP contribution in [0.4, 0.5) is 0 Å². The lowest BCUT2D eigenvalue weighted by Crippen LogP contribution is -2.51. The van der Waals surface area contributed by atoms with Gasteiger partial charge in [0.05, 0.1) is 11.6 Å². The van der Waals surface area contributed by atoms with Gasteiger partial charge in [-0.3, -0.25) is 4.79 Å². The van der Waals surface area contributed by atoms with Crippen LogP contribution >= 0.6 is 0 Å². The van der Waals surface area contributed by atoms with E-state index in [1.54, 1.807) is 0 Å². The number of hydrogen-bond donors (Lipinski definition) is 1. The second-order valence-electron chi connectivity index (χ2n) is 6.38. The zero-order valence-electron chi connectivity index (χ0n) is 12.7. The first-order valence-electron chi connectivity index (χ1n) is 7.51. The van der Waals surface area contributed by atoms with Crippen LogP contribution in [-0.4, -0.2) is 17.4 Å². The number of rotatable bonds is 4. The molecule has 1 aliphatic carbocycles. The molecule has 2 rings (SSSR count). The first-order chi connectivity index (χ1) is 9.40. The molecule has 2 atom stereocenters. The predicted octanol–water partition coefficient (Wildman–Crippen LogP) is 3.56. The lowest BCUT2D eigenvalue weighted by Gasteiger charge is -2.35. The highest BCUT2D eigenvalue weighted by atomic mass is 16.5. The Balaban J connectivity index is 2.12. The molecular weight excluding hydrogens is 250 g/mol. The van der Waals surface area contributed by atoms with Crippen LogP contribution in [0.3, 0.4) is 0 Å². The van der Waals surface area contributed by atoms with Crippen molar-refractivity contribution in [1.82, 2.24) is 0 Å². The number of carbonyl (C=O) groups excluding carboxylic acids is 1. The van der Waals surface area contributed by atoms with Crippen LogP contribution < -0.4 is 10.5 Å². The predicted molar refractivity (Wildman–Crippen MR) is 81.1 cm³/mol. The fourth-order valence-corrected chi connectivity index (χ4v) is 3.04. The van der Waals surface area contributed by atoms with Gasteiger partial charge in [-0.05, 0) is 56.9 Å². The number of ether oxygens (including phenoxy) is 1. The average molecular weight is 275 g/mol. The lowest BCUT2D eigenvalue weighted by atomic mass is 9.73. The minimum absolute atomic E-state index is 0.0696. The normalized spacial score (nSPS) is 26.6. The molecule has 0 spiro atoms. The van der Waals surface area contributed by atoms with Crippen molar-refractivity contribution in [2.75, 3.05) is 0 Å². The zero-order chi connectivity index (χ0) is 14.8. The summed E-state index contributed by atoms with van der Waals surface area (Å²) in [4.78, 5) is 12.6. The highest BCUT2D eigenvalue weighted by Crippen LogP contribution is 2.33. The Labute approximate surface area is 121 Å². The molecule has 0 aromatic heterocycles. The van der Waals surface area contributed by atoms with Crippen LogP contribution in [0, 0.1) is 5.92 Å². The van der Waals surface area contributed by atoms with Crippen LogP contribution in [0.15, 0.2) is 24.3 Å². The largest absolute Gasteiger partial charge is 0.491 e. The van der Waals surface area contributed by atoms with E-state index in [1.807, 2.05) is 38.1 Å². The number of nitrogens with two attached hydrogens (primary N) is 1. The molecule has 1 aliphatic rings. The summed E-state index contributed by atoms with van der Waals surface area (Å²) in [7, 11) is 0. The van der Waals surface area contributed by atoms with Gasteiger partial charge in [0, 0.05) is 5.56 Å². The van der Waals surface area contributed by atoms with Gasteiger partial charge in [-0.2, -0.15) is 0 Å². The van der Waals surface area contributed by atoms with E-state index in [0.29, 0.717) is 11.5 Å². The Bertz CT molecular complexity index is 466. The maximum atomic E-state index is 12.6. The standard InChI is InChI=1S/C17H25NO2/c1-12(2)20-15-8-6-14(7-9-15)16(19)17(18)10-4-5-13(3)11-17/h6-9,12-13H,4-5,10-11,18H2,1-3H3. The highest BCUT2D eigenvalue weighted by molar-refractivity contribution is 6.03. The Morgan fingerprint density at radius 3 is 2.55 bits per heavy atom. The third kappa shape index (κ3) is 3.40. The fraction of sp³-hybridized carbons (Fsp3) is 0.588. The molecule has 20 heavy (non-hydrogen) atoms. The van der Waals surface area contributed by atoms with Gasteiger partial charge in [-0.25, -0.2) is 0 Å². The van der Waals surface area contributed by atoms with Crippen molar-refractivity contribution in [3.8, 4) is 5.75 Å². The third-order valence-electron chi connectivity index (χ3n) is 3.97. The van der Waals surface area contributed by atoms with Gasteiger partial charge < -0.3 is 10.5 Å². The van der Waals surface area contributed by atoms with E-state index >= 15 is 0 Å². The smallest absolute Gasteiger partial charge is 0.182 e. The molecule has 0 radical (unpaired) electrons. The van der Waals surface area contributed by atoms with Gasteiger partial charge in [0.1, 0.15) is 5.75 Å². The third-order valence-corrected chi connectivity index (χ3v) is 3.97. The van der Waals surface area contributed by atoms with Crippen molar-refractivity contribution in [2.45, 2.75) is 58.1 Å². The minimum atomic E-state index is -0.682. The Hall–Kier alpha value is -1.35. The van der Waals surface area contributed by atoms with Crippen molar-refractivity contribution >= 4 is 5.78 Å². The van der Waals surface area contributed by atoms with E-state index in [-0.39, 0.29) is 11.9 Å². The first-order valence-corrected chi connectivity index (χ1v) is 7.51. The number of benzene rings is 1. The Morgan fingerprint density at radius 2 is 2.00 bits per heavy atom. The lowest BCUT2D eigenvalue weighted by molar-refractivity contribution is 0.0819. The SMILES string of the molecule is CC1CCCC(N)(C(=O)c2ccc(OC(C)C)cc2)C1. The van der Waals surface area contributed by atoms with Crippen molar-refractivity contribution in [3.05, 3.63) is 29.8 Å². The second kappa shape index (κ2) is 5.96. The van der Waals surface area contributed by atoms with Crippen molar-refractivity contribution < 1.29 is 9.53 Å². The number of carbonyl (C=O) groups is 1. The molecular formula is C17H25NO2. The maximum absolute atomic E-state index is 12.6. The molecule has 2 unspecified atom stereocenters. The summed E-state index contributed by atoms with van der Waals surface area (Å²) in [6.07, 6.45) is 3.93. The van der Waals surface area contributed by atoms with E-state index in [4.69, 9.17) is 10.5 Å². The van der Waals surface area contributed by atoms with E-state index in [0.717, 1.165) is 25.0 Å². The maximum Gasteiger partial charge on any atom is 0.182 e. The highest BCUT2D eigenvalue weighted by Gasteiger charge is 2.38. The van der Waals surface area contributed by atoms with Gasteiger partial charge in [-0.1, -0.05) is 19.8 Å². The van der Waals surface area contributed by atoms with E-state index in [9.17, 15) is 4.79 Å². The summed E-state index contributed by atoms with van der Waals surface area (Å²) in [5.41, 5.74) is 6.37. The fourth-order valence-electron chi connectivity index (χ4n) is 3.04. The molecule has 110 valence electrons. The molecule has 0 aliphatic heterocycles. The van der Waals surface area contributed by atoms with Crippen LogP contribution in [0.25, 0.3) is 0 Å². The quantitative estimate of drug-likeness (QED) is 0.855. The van der Waals surface area contributed by atoms with Crippen LogP contribution in [0.5, 0.6) is 5.75 Å². The molecule has 1 aromatic carbocycles. The molecule has 0 heterocycles. The molecule has 3 nitrogen and oxygen atoms in total. The van der Waals surface area contributed by atoms with Crippen molar-refractivity contribution in [1.29, 1.82) is 0 Å². The van der Waals surface area contributed by atoms with Gasteiger partial charge in [0.25, 0.3) is 0 Å². The van der Waals surface area contributed by atoms with Crippen LogP contribution in [-0.2, 0) is 0 Å². The Kier molecular flexibility index (Phi) is 4.48. The summed E-state index contributed by atoms with van der Waals surface area (Å²) >= 11 is 0. The summed E-state index contributed by atoms with van der Waals surface area (Å²) in [6, 6.07) is 7.35. The van der Waals surface area contributed by atoms with Gasteiger partial charge >= 0.3 is 0 Å². The molecule has 1 aromatic rings. The van der Waals surface area contributed by atoms with Gasteiger partial charge in [0.15, 0.2) is 5.78 Å². The molecule has 2 N–H and O–H groups in total.